The van der Waals surface area contributed by atoms with Crippen molar-refractivity contribution in [2.75, 3.05) is 0 Å². The SMILES string of the molecule is Cc1cccc(OCc2nc(CN(C(=O)CC(C)C)C(C)C)cs2)c1C. The minimum absolute atomic E-state index is 0.164. The first-order valence-electron chi connectivity index (χ1n) is 9.19. The van der Waals surface area contributed by atoms with Crippen molar-refractivity contribution in [3.63, 3.8) is 0 Å². The van der Waals surface area contributed by atoms with Crippen LogP contribution in [0.25, 0.3) is 0 Å². The van der Waals surface area contributed by atoms with E-state index in [0.717, 1.165) is 22.0 Å². The lowest BCUT2D eigenvalue weighted by atomic mass is 10.1. The van der Waals surface area contributed by atoms with Gasteiger partial charge in [0, 0.05) is 17.8 Å². The molecule has 1 aromatic carbocycles. The van der Waals surface area contributed by atoms with Crippen LogP contribution in [0.3, 0.4) is 0 Å². The fourth-order valence-electron chi connectivity index (χ4n) is 2.71. The van der Waals surface area contributed by atoms with Gasteiger partial charge in [-0.25, -0.2) is 4.98 Å². The first kappa shape index (κ1) is 20.4. The highest BCUT2D eigenvalue weighted by molar-refractivity contribution is 7.09. The molecule has 0 atom stereocenters. The fraction of sp³-hybridized carbons (Fsp3) is 0.524. The molecule has 1 aromatic heterocycles. The molecule has 0 unspecified atom stereocenters. The third-order valence-corrected chi connectivity index (χ3v) is 5.24. The molecule has 0 aliphatic rings. The second-order valence-corrected chi connectivity index (χ2v) is 8.38. The van der Waals surface area contributed by atoms with E-state index in [4.69, 9.17) is 4.74 Å². The number of aryl methyl sites for hydroxylation is 1. The van der Waals surface area contributed by atoms with Gasteiger partial charge < -0.3 is 9.64 Å². The van der Waals surface area contributed by atoms with Gasteiger partial charge in [-0.2, -0.15) is 0 Å². The summed E-state index contributed by atoms with van der Waals surface area (Å²) in [4.78, 5) is 19.0. The molecule has 0 spiro atoms. The van der Waals surface area contributed by atoms with Crippen LogP contribution in [-0.2, 0) is 17.9 Å². The number of rotatable bonds is 8. The largest absolute Gasteiger partial charge is 0.486 e. The van der Waals surface area contributed by atoms with E-state index in [1.165, 1.54) is 5.56 Å². The number of benzene rings is 1. The standard InChI is InChI=1S/C21H30N2O2S/c1-14(2)10-21(24)23(15(3)4)11-18-13-26-20(22-18)12-25-19-9-7-8-16(5)17(19)6/h7-9,13-15H,10-12H2,1-6H3. The molecule has 142 valence electrons. The van der Waals surface area contributed by atoms with E-state index < -0.39 is 0 Å². The second-order valence-electron chi connectivity index (χ2n) is 7.43. The molecule has 0 saturated carbocycles. The monoisotopic (exact) mass is 374 g/mol. The summed E-state index contributed by atoms with van der Waals surface area (Å²) >= 11 is 1.58. The highest BCUT2D eigenvalue weighted by Crippen LogP contribution is 2.23. The predicted molar refractivity (Wildman–Crippen MR) is 108 cm³/mol. The molecule has 0 saturated heterocycles. The topological polar surface area (TPSA) is 42.4 Å². The van der Waals surface area contributed by atoms with Crippen LogP contribution in [0.1, 0.15) is 55.9 Å². The summed E-state index contributed by atoms with van der Waals surface area (Å²) < 4.78 is 5.94. The lowest BCUT2D eigenvalue weighted by molar-refractivity contribution is -0.134. The maximum atomic E-state index is 12.5. The number of hydrogen-bond acceptors (Lipinski definition) is 4. The molecule has 4 nitrogen and oxygen atoms in total. The maximum Gasteiger partial charge on any atom is 0.223 e. The van der Waals surface area contributed by atoms with Crippen molar-refractivity contribution >= 4 is 17.2 Å². The Bertz CT molecular complexity index is 737. The van der Waals surface area contributed by atoms with Crippen molar-refractivity contribution in [3.8, 4) is 5.75 Å². The van der Waals surface area contributed by atoms with E-state index in [2.05, 4.69) is 52.6 Å². The van der Waals surface area contributed by atoms with Crippen LogP contribution in [0.4, 0.5) is 0 Å². The molecule has 2 aromatic rings. The summed E-state index contributed by atoms with van der Waals surface area (Å²) in [5, 5.41) is 2.96. The van der Waals surface area contributed by atoms with Crippen LogP contribution >= 0.6 is 11.3 Å². The second kappa shape index (κ2) is 9.17. The zero-order valence-corrected chi connectivity index (χ0v) is 17.5. The average Bonchev–Trinajstić information content (AvgIpc) is 3.00. The Morgan fingerprint density at radius 1 is 1.23 bits per heavy atom. The molecule has 1 amide bonds. The van der Waals surface area contributed by atoms with E-state index >= 15 is 0 Å². The van der Waals surface area contributed by atoms with Gasteiger partial charge in [-0.15, -0.1) is 11.3 Å². The summed E-state index contributed by atoms with van der Waals surface area (Å²) in [5.74, 6) is 1.45. The molecule has 0 bridgehead atoms. The van der Waals surface area contributed by atoms with Crippen LogP contribution in [0, 0.1) is 19.8 Å². The van der Waals surface area contributed by atoms with Gasteiger partial charge in [-0.05, 0) is 50.8 Å². The van der Waals surface area contributed by atoms with Gasteiger partial charge in [0.05, 0.1) is 12.2 Å². The Morgan fingerprint density at radius 3 is 2.62 bits per heavy atom. The van der Waals surface area contributed by atoms with E-state index in [-0.39, 0.29) is 11.9 Å². The summed E-state index contributed by atoms with van der Waals surface area (Å²) in [7, 11) is 0. The average molecular weight is 375 g/mol. The van der Waals surface area contributed by atoms with Crippen molar-refractivity contribution in [1.29, 1.82) is 0 Å². The Balaban J connectivity index is 1.99. The van der Waals surface area contributed by atoms with Gasteiger partial charge in [0.25, 0.3) is 0 Å². The van der Waals surface area contributed by atoms with Gasteiger partial charge >= 0.3 is 0 Å². The third kappa shape index (κ3) is 5.56. The first-order valence-corrected chi connectivity index (χ1v) is 10.1. The number of nitrogens with zero attached hydrogens (tertiary/aromatic N) is 2. The summed E-state index contributed by atoms with van der Waals surface area (Å²) in [6.07, 6.45) is 0.574. The molecular formula is C21H30N2O2S. The fourth-order valence-corrected chi connectivity index (χ4v) is 3.40. The number of carbonyl (C=O) groups is 1. The quantitative estimate of drug-likeness (QED) is 0.644. The predicted octanol–water partition coefficient (Wildman–Crippen LogP) is 5.12. The van der Waals surface area contributed by atoms with Crippen LogP contribution in [0.15, 0.2) is 23.6 Å². The molecule has 0 aliphatic heterocycles. The third-order valence-electron chi connectivity index (χ3n) is 4.36. The van der Waals surface area contributed by atoms with Gasteiger partial charge in [-0.3, -0.25) is 4.79 Å². The number of aromatic nitrogens is 1. The van der Waals surface area contributed by atoms with Crippen molar-refractivity contribution in [3.05, 3.63) is 45.4 Å². The van der Waals surface area contributed by atoms with Crippen LogP contribution in [0.5, 0.6) is 5.75 Å². The van der Waals surface area contributed by atoms with Crippen molar-refractivity contribution in [1.82, 2.24) is 9.88 Å². The first-order chi connectivity index (χ1) is 12.3. The number of carbonyl (C=O) groups excluding carboxylic acids is 1. The van der Waals surface area contributed by atoms with Crippen LogP contribution in [-0.4, -0.2) is 21.8 Å². The molecular weight excluding hydrogens is 344 g/mol. The maximum absolute atomic E-state index is 12.5. The van der Waals surface area contributed by atoms with Gasteiger partial charge in [-0.1, -0.05) is 26.0 Å². The summed E-state index contributed by atoms with van der Waals surface area (Å²) in [6, 6.07) is 6.24. The number of hydrogen-bond donors (Lipinski definition) is 0. The number of thiazole rings is 1. The smallest absolute Gasteiger partial charge is 0.223 e. The lowest BCUT2D eigenvalue weighted by Crippen LogP contribution is -2.37. The molecule has 5 heteroatoms. The van der Waals surface area contributed by atoms with E-state index in [0.29, 0.717) is 25.5 Å². The van der Waals surface area contributed by atoms with Crippen molar-refractivity contribution in [2.45, 2.75) is 67.2 Å². The summed E-state index contributed by atoms with van der Waals surface area (Å²) in [5.41, 5.74) is 3.31. The molecule has 0 fully saturated rings. The molecule has 26 heavy (non-hydrogen) atoms. The molecule has 0 aliphatic carbocycles. The van der Waals surface area contributed by atoms with E-state index in [1.807, 2.05) is 22.4 Å². The van der Waals surface area contributed by atoms with Crippen molar-refractivity contribution < 1.29 is 9.53 Å². The number of amides is 1. The summed E-state index contributed by atoms with van der Waals surface area (Å²) in [6.45, 7) is 13.4. The molecule has 2 rings (SSSR count). The Labute approximate surface area is 161 Å². The lowest BCUT2D eigenvalue weighted by Gasteiger charge is -2.26. The molecule has 0 radical (unpaired) electrons. The Hall–Kier alpha value is -1.88. The van der Waals surface area contributed by atoms with Gasteiger partial charge in [0.15, 0.2) is 0 Å². The van der Waals surface area contributed by atoms with Gasteiger partial charge in [0.1, 0.15) is 17.4 Å². The molecule has 0 N–H and O–H groups in total. The minimum atomic E-state index is 0.164. The van der Waals surface area contributed by atoms with E-state index in [9.17, 15) is 4.79 Å². The van der Waals surface area contributed by atoms with E-state index in [1.54, 1.807) is 11.3 Å². The van der Waals surface area contributed by atoms with Crippen LogP contribution in [0.2, 0.25) is 0 Å². The Morgan fingerprint density at radius 2 is 1.96 bits per heavy atom. The van der Waals surface area contributed by atoms with Crippen molar-refractivity contribution in [2.24, 2.45) is 5.92 Å². The zero-order chi connectivity index (χ0) is 19.3. The van der Waals surface area contributed by atoms with Crippen LogP contribution < -0.4 is 4.74 Å². The van der Waals surface area contributed by atoms with Gasteiger partial charge in [0.2, 0.25) is 5.91 Å². The minimum Gasteiger partial charge on any atom is -0.486 e. The Kier molecular flexibility index (Phi) is 7.21. The number of ether oxygens (including phenoxy) is 1. The highest BCUT2D eigenvalue weighted by atomic mass is 32.1. The zero-order valence-electron chi connectivity index (χ0n) is 16.7. The highest BCUT2D eigenvalue weighted by Gasteiger charge is 2.19. The molecule has 1 heterocycles. The normalized spacial score (nSPS) is 11.2.